The van der Waals surface area contributed by atoms with Gasteiger partial charge in [-0.1, -0.05) is 90.9 Å². The lowest BCUT2D eigenvalue weighted by atomic mass is 10.1. The SMILES string of the molecule is CCCCCCCCCC(=O)O.CCCCCCCCCC(=O)O[C@H]1CC=C(C(=O)NC2CCCCNC2=O)OC1OC(C(N)=O)C1CCC(n2ccc(=O)[nH]c2=O)O1. The third-order valence-electron chi connectivity index (χ3n) is 10.5. The number of carbonyl (C=O) groups excluding carboxylic acids is 4. The Kier molecular flexibility index (Phi) is 22.6. The van der Waals surface area contributed by atoms with Crippen LogP contribution in [0.3, 0.4) is 0 Å². The van der Waals surface area contributed by atoms with Gasteiger partial charge in [-0.05, 0) is 51.0 Å². The number of primary amides is 1. The van der Waals surface area contributed by atoms with Crippen molar-refractivity contribution in [2.24, 2.45) is 5.73 Å². The monoisotopic (exact) mass is 833 g/mol. The number of aromatic nitrogens is 2. The number of ether oxygens (including phenoxy) is 4. The molecule has 0 saturated carbocycles. The molecule has 6 N–H and O–H groups in total. The zero-order chi connectivity index (χ0) is 43.0. The van der Waals surface area contributed by atoms with E-state index in [1.807, 2.05) is 0 Å². The smallest absolute Gasteiger partial charge is 0.330 e. The Morgan fingerprint density at radius 3 is 2.17 bits per heavy atom. The lowest BCUT2D eigenvalue weighted by molar-refractivity contribution is -0.231. The maximum absolute atomic E-state index is 13.2. The molecular weight excluding hydrogens is 766 g/mol. The summed E-state index contributed by atoms with van der Waals surface area (Å²) in [5.74, 6) is -3.12. The van der Waals surface area contributed by atoms with E-state index in [1.54, 1.807) is 0 Å². The van der Waals surface area contributed by atoms with Gasteiger partial charge in [0.2, 0.25) is 18.1 Å². The Morgan fingerprint density at radius 1 is 0.898 bits per heavy atom. The Balaban J connectivity index is 0.000000671. The lowest BCUT2D eigenvalue weighted by Gasteiger charge is -2.34. The molecule has 2 fully saturated rings. The first-order chi connectivity index (χ1) is 28.4. The van der Waals surface area contributed by atoms with Gasteiger partial charge in [0.25, 0.3) is 11.5 Å². The second kappa shape index (κ2) is 27.3. The zero-order valence-corrected chi connectivity index (χ0v) is 34.9. The van der Waals surface area contributed by atoms with Gasteiger partial charge in [-0.3, -0.25) is 38.3 Å². The molecule has 0 spiro atoms. The predicted molar refractivity (Wildman–Crippen MR) is 218 cm³/mol. The number of aromatic amines is 1. The van der Waals surface area contributed by atoms with Crippen LogP contribution in [-0.2, 0) is 42.9 Å². The molecule has 0 aromatic carbocycles. The van der Waals surface area contributed by atoms with Gasteiger partial charge >= 0.3 is 17.6 Å². The Hall–Kier alpha value is -4.51. The Morgan fingerprint density at radius 2 is 1.54 bits per heavy atom. The minimum absolute atomic E-state index is 0.0411. The van der Waals surface area contributed by atoms with Crippen molar-refractivity contribution in [3.63, 3.8) is 0 Å². The number of H-pyrrole nitrogens is 1. The molecule has 332 valence electrons. The highest BCUT2D eigenvalue weighted by Crippen LogP contribution is 2.32. The second-order valence-electron chi connectivity index (χ2n) is 15.5. The van der Waals surface area contributed by atoms with E-state index in [1.165, 1.54) is 67.9 Å². The van der Waals surface area contributed by atoms with Gasteiger partial charge in [-0.25, -0.2) is 4.79 Å². The number of hydrogen-bond donors (Lipinski definition) is 5. The summed E-state index contributed by atoms with van der Waals surface area (Å²) >= 11 is 0. The first-order valence-electron chi connectivity index (χ1n) is 21.7. The molecule has 6 atom stereocenters. The molecule has 4 heterocycles. The summed E-state index contributed by atoms with van der Waals surface area (Å²) in [6.45, 7) is 4.88. The quantitative estimate of drug-likeness (QED) is 0.0699. The van der Waals surface area contributed by atoms with Crippen LogP contribution in [-0.4, -0.2) is 81.5 Å². The van der Waals surface area contributed by atoms with Crippen LogP contribution in [0, 0.1) is 0 Å². The number of carbonyl (C=O) groups is 5. The highest BCUT2D eigenvalue weighted by molar-refractivity contribution is 5.95. The lowest BCUT2D eigenvalue weighted by Crippen LogP contribution is -2.50. The molecule has 59 heavy (non-hydrogen) atoms. The van der Waals surface area contributed by atoms with E-state index in [0.717, 1.165) is 51.4 Å². The third kappa shape index (κ3) is 18.1. The summed E-state index contributed by atoms with van der Waals surface area (Å²) in [6, 6.07) is 0.434. The van der Waals surface area contributed by atoms with E-state index in [2.05, 4.69) is 29.5 Å². The van der Waals surface area contributed by atoms with Crippen molar-refractivity contribution < 1.29 is 48.0 Å². The third-order valence-corrected chi connectivity index (χ3v) is 10.5. The Labute approximate surface area is 346 Å². The normalized spacial score (nSPS) is 22.0. The van der Waals surface area contributed by atoms with Crippen LogP contribution >= 0.6 is 0 Å². The largest absolute Gasteiger partial charge is 0.481 e. The van der Waals surface area contributed by atoms with Crippen molar-refractivity contribution in [3.05, 3.63) is 44.9 Å². The standard InChI is InChI=1S/C32H47N5O10.C10H20O2/c1-2-3-4-5-6-7-8-12-26(39)45-23-14-13-22(30(42)35-20-11-9-10-18-34-29(20)41)46-31(23)47-27(28(33)40)21-15-16-25(44-21)37-19-17-24(38)36-32(37)43;1-2-3-4-5-6-7-8-9-10(11)12/h13,17,19-21,23,25,27,31H,2-12,14-16,18H2,1H3,(H2,33,40)(H,34,41)(H,35,42)(H,36,38,43);2-9H2,1H3,(H,11,12)/t20?,21?,23-,25?,27?,31?;/m0./s1. The topological polar surface area (TPSA) is 247 Å². The van der Waals surface area contributed by atoms with Crippen molar-refractivity contribution >= 4 is 29.7 Å². The van der Waals surface area contributed by atoms with Gasteiger partial charge in [-0.2, -0.15) is 0 Å². The maximum Gasteiger partial charge on any atom is 0.330 e. The zero-order valence-electron chi connectivity index (χ0n) is 34.9. The molecule has 3 amide bonds. The number of esters is 1. The molecule has 4 rings (SSSR count). The number of nitrogens with zero attached hydrogens (tertiary/aromatic N) is 1. The van der Waals surface area contributed by atoms with Gasteiger partial charge in [0.15, 0.2) is 18.0 Å². The van der Waals surface area contributed by atoms with Crippen LogP contribution < -0.4 is 27.6 Å². The first kappa shape index (κ1) is 48.9. The molecule has 0 aliphatic carbocycles. The molecule has 17 heteroatoms. The molecule has 2 saturated heterocycles. The molecule has 1 aromatic rings. The summed E-state index contributed by atoms with van der Waals surface area (Å²) in [4.78, 5) is 87.2. The fraction of sp³-hybridized carbons (Fsp3) is 0.738. The predicted octanol–water partition coefficient (Wildman–Crippen LogP) is 4.76. The molecule has 1 aromatic heterocycles. The van der Waals surface area contributed by atoms with E-state index in [4.69, 9.17) is 29.8 Å². The van der Waals surface area contributed by atoms with E-state index in [9.17, 15) is 33.6 Å². The van der Waals surface area contributed by atoms with Crippen LogP contribution in [0.4, 0.5) is 0 Å². The number of amides is 3. The fourth-order valence-electron chi connectivity index (χ4n) is 7.15. The number of hydrogen-bond acceptors (Lipinski definition) is 11. The number of carboxylic acid groups (broad SMARTS) is 1. The Bertz CT molecular complexity index is 1630. The van der Waals surface area contributed by atoms with Gasteiger partial charge in [0, 0.05) is 38.1 Å². The number of carboxylic acids is 1. The van der Waals surface area contributed by atoms with Gasteiger partial charge in [0.1, 0.15) is 12.3 Å². The van der Waals surface area contributed by atoms with E-state index in [-0.39, 0.29) is 30.9 Å². The van der Waals surface area contributed by atoms with Gasteiger partial charge in [-0.15, -0.1) is 0 Å². The van der Waals surface area contributed by atoms with Crippen molar-refractivity contribution in [2.75, 3.05) is 6.54 Å². The number of aliphatic carboxylic acids is 1. The molecule has 0 radical (unpaired) electrons. The summed E-state index contributed by atoms with van der Waals surface area (Å²) in [6.07, 6.45) is 15.9. The molecule has 17 nitrogen and oxygen atoms in total. The summed E-state index contributed by atoms with van der Waals surface area (Å²) in [5, 5.41) is 13.8. The highest BCUT2D eigenvalue weighted by atomic mass is 16.7. The number of rotatable bonds is 24. The molecule has 5 unspecified atom stereocenters. The minimum Gasteiger partial charge on any atom is -0.481 e. The first-order valence-corrected chi connectivity index (χ1v) is 21.7. The number of nitrogens with two attached hydrogens (primary N) is 1. The van der Waals surface area contributed by atoms with Crippen molar-refractivity contribution in [3.8, 4) is 0 Å². The summed E-state index contributed by atoms with van der Waals surface area (Å²) in [7, 11) is 0. The average molecular weight is 834 g/mol. The number of unbranched alkanes of at least 4 members (excludes halogenated alkanes) is 12. The average Bonchev–Trinajstić information content (AvgIpc) is 3.59. The maximum atomic E-state index is 13.2. The fourth-order valence-corrected chi connectivity index (χ4v) is 7.15. The molecule has 0 bridgehead atoms. The van der Waals surface area contributed by atoms with Gasteiger partial charge in [0.05, 0.1) is 6.10 Å². The van der Waals surface area contributed by atoms with Crippen LogP contribution in [0.2, 0.25) is 0 Å². The van der Waals surface area contributed by atoms with E-state index >= 15 is 0 Å². The minimum atomic E-state index is -1.40. The summed E-state index contributed by atoms with van der Waals surface area (Å²) in [5.41, 5.74) is 4.49. The van der Waals surface area contributed by atoms with E-state index < -0.39 is 71.9 Å². The van der Waals surface area contributed by atoms with Gasteiger partial charge < -0.3 is 40.4 Å². The van der Waals surface area contributed by atoms with Crippen LogP contribution in [0.5, 0.6) is 0 Å². The van der Waals surface area contributed by atoms with Crippen LogP contribution in [0.15, 0.2) is 33.7 Å². The molecular formula is C42H67N5O12. The van der Waals surface area contributed by atoms with Crippen molar-refractivity contribution in [1.29, 1.82) is 0 Å². The molecule has 3 aliphatic rings. The highest BCUT2D eigenvalue weighted by Gasteiger charge is 2.43. The molecule has 3 aliphatic heterocycles. The van der Waals surface area contributed by atoms with Crippen LogP contribution in [0.25, 0.3) is 0 Å². The van der Waals surface area contributed by atoms with Crippen molar-refractivity contribution in [1.82, 2.24) is 20.2 Å². The number of nitrogens with one attached hydrogen (secondary N) is 3. The van der Waals surface area contributed by atoms with E-state index in [0.29, 0.717) is 32.2 Å². The summed E-state index contributed by atoms with van der Waals surface area (Å²) < 4.78 is 24.8. The second-order valence-corrected chi connectivity index (χ2v) is 15.5. The van der Waals surface area contributed by atoms with Crippen LogP contribution in [0.1, 0.15) is 161 Å². The van der Waals surface area contributed by atoms with Crippen molar-refractivity contribution in [2.45, 2.75) is 192 Å².